The highest BCUT2D eigenvalue weighted by Crippen LogP contribution is 2.30. The average Bonchev–Trinajstić information content (AvgIpc) is 3.52. The monoisotopic (exact) mass is 445 g/mol. The number of carboxylic acid groups (broad SMARTS) is 1. The van der Waals surface area contributed by atoms with E-state index in [0.717, 1.165) is 41.6 Å². The Labute approximate surface area is 192 Å². The lowest BCUT2D eigenvalue weighted by Gasteiger charge is -2.23. The molecule has 0 saturated carbocycles. The predicted octanol–water partition coefficient (Wildman–Crippen LogP) is 4.26. The van der Waals surface area contributed by atoms with Gasteiger partial charge in [0, 0.05) is 25.2 Å². The van der Waals surface area contributed by atoms with Crippen molar-refractivity contribution in [3.63, 3.8) is 0 Å². The van der Waals surface area contributed by atoms with E-state index < -0.39 is 5.97 Å². The Bertz CT molecular complexity index is 1200. The molecule has 0 saturated heterocycles. The standard InChI is InChI=1S/C24H27N7O2/c1-3-5-14-31(23-21(24(32)33)30(4-2)16-25-23)15-17-10-12-18(13-11-17)19-8-6-7-9-20(19)22-26-28-29-27-22/h6-13,16H,3-5,14-15H2,1-2H3,(H,32,33)(H,26,27,28,29). The van der Waals surface area contributed by atoms with Crippen molar-refractivity contribution in [2.24, 2.45) is 0 Å². The average molecular weight is 446 g/mol. The number of aromatic carboxylic acids is 1. The fourth-order valence-electron chi connectivity index (χ4n) is 3.89. The molecule has 0 unspecified atom stereocenters. The number of aromatic nitrogens is 6. The summed E-state index contributed by atoms with van der Waals surface area (Å²) in [7, 11) is 0. The zero-order valence-corrected chi connectivity index (χ0v) is 18.8. The van der Waals surface area contributed by atoms with Crippen molar-refractivity contribution in [2.75, 3.05) is 11.4 Å². The third-order valence-corrected chi connectivity index (χ3v) is 5.59. The van der Waals surface area contributed by atoms with Crippen LogP contribution in [0.3, 0.4) is 0 Å². The van der Waals surface area contributed by atoms with Crippen molar-refractivity contribution >= 4 is 11.8 Å². The summed E-state index contributed by atoms with van der Waals surface area (Å²) >= 11 is 0. The minimum Gasteiger partial charge on any atom is -0.476 e. The summed E-state index contributed by atoms with van der Waals surface area (Å²) in [5.74, 6) is 0.108. The van der Waals surface area contributed by atoms with Gasteiger partial charge in [-0.05, 0) is 35.2 Å². The first-order valence-electron chi connectivity index (χ1n) is 11.1. The van der Waals surface area contributed by atoms with Gasteiger partial charge >= 0.3 is 5.97 Å². The van der Waals surface area contributed by atoms with Gasteiger partial charge in [-0.2, -0.15) is 5.21 Å². The Hall–Kier alpha value is -4.01. The molecule has 2 aromatic heterocycles. The molecule has 4 rings (SSSR count). The lowest BCUT2D eigenvalue weighted by Crippen LogP contribution is -2.26. The number of nitrogens with zero attached hydrogens (tertiary/aromatic N) is 6. The first-order valence-corrected chi connectivity index (χ1v) is 11.1. The summed E-state index contributed by atoms with van der Waals surface area (Å²) < 4.78 is 1.68. The van der Waals surface area contributed by atoms with E-state index in [1.807, 2.05) is 31.2 Å². The van der Waals surface area contributed by atoms with Crippen LogP contribution in [0.1, 0.15) is 42.7 Å². The molecule has 2 aromatic carbocycles. The number of hydrogen-bond donors (Lipinski definition) is 2. The molecule has 170 valence electrons. The first-order chi connectivity index (χ1) is 16.1. The van der Waals surface area contributed by atoms with Gasteiger partial charge in [0.2, 0.25) is 5.82 Å². The van der Waals surface area contributed by atoms with Gasteiger partial charge in [0.15, 0.2) is 11.5 Å². The third-order valence-electron chi connectivity index (χ3n) is 5.59. The predicted molar refractivity (Wildman–Crippen MR) is 126 cm³/mol. The van der Waals surface area contributed by atoms with E-state index in [4.69, 9.17) is 0 Å². The Morgan fingerprint density at radius 2 is 1.85 bits per heavy atom. The smallest absolute Gasteiger partial charge is 0.356 e. The van der Waals surface area contributed by atoms with E-state index in [9.17, 15) is 9.90 Å². The summed E-state index contributed by atoms with van der Waals surface area (Å²) in [5.41, 5.74) is 4.28. The summed E-state index contributed by atoms with van der Waals surface area (Å²) in [6, 6.07) is 16.2. The molecular weight excluding hydrogens is 418 g/mol. The molecule has 2 N–H and O–H groups in total. The Morgan fingerprint density at radius 1 is 1.09 bits per heavy atom. The van der Waals surface area contributed by atoms with E-state index in [1.165, 1.54) is 0 Å². The van der Waals surface area contributed by atoms with Gasteiger partial charge in [-0.25, -0.2) is 9.78 Å². The summed E-state index contributed by atoms with van der Waals surface area (Å²) in [6.07, 6.45) is 3.57. The maximum atomic E-state index is 11.9. The molecule has 0 radical (unpaired) electrons. The van der Waals surface area contributed by atoms with Crippen LogP contribution in [0.5, 0.6) is 0 Å². The second-order valence-electron chi connectivity index (χ2n) is 7.76. The van der Waals surface area contributed by atoms with Crippen LogP contribution in [0.15, 0.2) is 54.9 Å². The van der Waals surface area contributed by atoms with Gasteiger partial charge in [0.05, 0.1) is 6.33 Å². The Morgan fingerprint density at radius 3 is 2.48 bits per heavy atom. The highest BCUT2D eigenvalue weighted by atomic mass is 16.4. The maximum Gasteiger partial charge on any atom is 0.356 e. The zero-order chi connectivity index (χ0) is 23.2. The molecule has 9 heteroatoms. The van der Waals surface area contributed by atoms with Crippen LogP contribution >= 0.6 is 0 Å². The number of imidazole rings is 1. The van der Waals surface area contributed by atoms with E-state index in [2.05, 4.69) is 61.7 Å². The van der Waals surface area contributed by atoms with Gasteiger partial charge in [-0.1, -0.05) is 61.9 Å². The van der Waals surface area contributed by atoms with Crippen LogP contribution < -0.4 is 4.90 Å². The van der Waals surface area contributed by atoms with Gasteiger partial charge in [-0.15, -0.1) is 10.2 Å². The van der Waals surface area contributed by atoms with Crippen LogP contribution in [0.2, 0.25) is 0 Å². The molecule has 0 aliphatic heterocycles. The van der Waals surface area contributed by atoms with Crippen molar-refractivity contribution in [1.82, 2.24) is 30.2 Å². The number of benzene rings is 2. The molecule has 33 heavy (non-hydrogen) atoms. The number of aromatic amines is 1. The highest BCUT2D eigenvalue weighted by molar-refractivity contribution is 5.91. The van der Waals surface area contributed by atoms with E-state index in [0.29, 0.717) is 24.7 Å². The lowest BCUT2D eigenvalue weighted by atomic mass is 9.98. The quantitative estimate of drug-likeness (QED) is 0.375. The number of nitrogens with one attached hydrogen (secondary N) is 1. The first kappa shape index (κ1) is 22.2. The second kappa shape index (κ2) is 10.1. The Balaban J connectivity index is 1.61. The molecule has 2 heterocycles. The minimum atomic E-state index is -0.959. The lowest BCUT2D eigenvalue weighted by molar-refractivity contribution is 0.0686. The maximum absolute atomic E-state index is 11.9. The number of hydrogen-bond acceptors (Lipinski definition) is 6. The number of unbranched alkanes of at least 4 members (excludes halogenated alkanes) is 1. The second-order valence-corrected chi connectivity index (χ2v) is 7.76. The van der Waals surface area contributed by atoms with Crippen molar-refractivity contribution < 1.29 is 9.90 Å². The van der Waals surface area contributed by atoms with Crippen molar-refractivity contribution in [2.45, 2.75) is 39.8 Å². The molecule has 0 aliphatic rings. The number of aryl methyl sites for hydroxylation is 1. The molecule has 0 atom stereocenters. The van der Waals surface area contributed by atoms with Crippen LogP contribution in [0, 0.1) is 0 Å². The number of carbonyl (C=O) groups is 1. The van der Waals surface area contributed by atoms with Crippen LogP contribution in [0.4, 0.5) is 5.82 Å². The van der Waals surface area contributed by atoms with E-state index >= 15 is 0 Å². The molecular formula is C24H27N7O2. The normalized spacial score (nSPS) is 11.0. The van der Waals surface area contributed by atoms with Gasteiger partial charge in [0.1, 0.15) is 0 Å². The fraction of sp³-hybridized carbons (Fsp3) is 0.292. The fourth-order valence-corrected chi connectivity index (χ4v) is 3.89. The molecule has 0 bridgehead atoms. The molecule has 0 fully saturated rings. The van der Waals surface area contributed by atoms with E-state index in [1.54, 1.807) is 10.9 Å². The van der Waals surface area contributed by atoms with E-state index in [-0.39, 0.29) is 5.69 Å². The van der Waals surface area contributed by atoms with Crippen molar-refractivity contribution in [3.8, 4) is 22.5 Å². The van der Waals surface area contributed by atoms with Gasteiger partial charge in [-0.3, -0.25) is 0 Å². The number of carboxylic acids is 1. The topological polar surface area (TPSA) is 113 Å². The summed E-state index contributed by atoms with van der Waals surface area (Å²) in [6.45, 7) is 5.91. The summed E-state index contributed by atoms with van der Waals surface area (Å²) in [4.78, 5) is 18.4. The molecule has 4 aromatic rings. The molecule has 0 amide bonds. The molecule has 9 nitrogen and oxygen atoms in total. The van der Waals surface area contributed by atoms with Crippen molar-refractivity contribution in [1.29, 1.82) is 0 Å². The SMILES string of the molecule is CCCCN(Cc1ccc(-c2ccccc2-c2nn[nH]n2)cc1)c1ncn(CC)c1C(=O)O. The minimum absolute atomic E-state index is 0.235. The largest absolute Gasteiger partial charge is 0.476 e. The van der Waals surface area contributed by atoms with Crippen LogP contribution in [0.25, 0.3) is 22.5 Å². The zero-order valence-electron chi connectivity index (χ0n) is 18.8. The van der Waals surface area contributed by atoms with Crippen LogP contribution in [-0.2, 0) is 13.1 Å². The number of H-pyrrole nitrogens is 1. The van der Waals surface area contributed by atoms with Gasteiger partial charge in [0.25, 0.3) is 0 Å². The number of rotatable bonds is 10. The Kier molecular flexibility index (Phi) is 6.77. The third kappa shape index (κ3) is 4.77. The van der Waals surface area contributed by atoms with Crippen molar-refractivity contribution in [3.05, 3.63) is 66.1 Å². The number of tetrazole rings is 1. The number of anilines is 1. The summed E-state index contributed by atoms with van der Waals surface area (Å²) in [5, 5.41) is 24.2. The van der Waals surface area contributed by atoms with Crippen LogP contribution in [-0.4, -0.2) is 47.8 Å². The highest BCUT2D eigenvalue weighted by Gasteiger charge is 2.22. The molecule has 0 aliphatic carbocycles. The molecule has 0 spiro atoms. The van der Waals surface area contributed by atoms with Gasteiger partial charge < -0.3 is 14.6 Å².